The molecule has 1 fully saturated rings. The summed E-state index contributed by atoms with van der Waals surface area (Å²) in [6, 6.07) is 0. The minimum absolute atomic E-state index is 0.0389. The van der Waals surface area contributed by atoms with E-state index in [1.165, 1.54) is 11.5 Å². The lowest BCUT2D eigenvalue weighted by atomic mass is 9.95. The van der Waals surface area contributed by atoms with E-state index in [0.717, 1.165) is 45.3 Å². The molecule has 2 heterocycles. The van der Waals surface area contributed by atoms with Crippen molar-refractivity contribution in [1.29, 1.82) is 0 Å². The average Bonchev–Trinajstić information content (AvgIpc) is 3.00. The third-order valence-corrected chi connectivity index (χ3v) is 5.48. The summed E-state index contributed by atoms with van der Waals surface area (Å²) in [5, 5.41) is 6.98. The fourth-order valence-electron chi connectivity index (χ4n) is 2.96. The van der Waals surface area contributed by atoms with Crippen LogP contribution in [0.1, 0.15) is 54.9 Å². The molecular weight excluding hydrogens is 312 g/mol. The first-order valence-electron chi connectivity index (χ1n) is 8.42. The van der Waals surface area contributed by atoms with E-state index in [1.807, 2.05) is 25.7 Å². The summed E-state index contributed by atoms with van der Waals surface area (Å²) < 4.78 is 3.83. The fraction of sp³-hybridized carbons (Fsp3) is 0.750. The third-order valence-electron chi connectivity index (χ3n) is 4.67. The van der Waals surface area contributed by atoms with Gasteiger partial charge in [0.25, 0.3) is 5.91 Å². The van der Waals surface area contributed by atoms with Crippen LogP contribution < -0.4 is 5.32 Å². The van der Waals surface area contributed by atoms with E-state index in [9.17, 15) is 9.59 Å². The molecule has 1 aromatic rings. The maximum atomic E-state index is 12.4. The van der Waals surface area contributed by atoms with E-state index in [4.69, 9.17) is 0 Å². The molecule has 0 atom stereocenters. The lowest BCUT2D eigenvalue weighted by Crippen LogP contribution is -2.42. The number of likely N-dealkylation sites (tertiary alicyclic amines) is 1. The monoisotopic (exact) mass is 338 g/mol. The normalized spacial score (nSPS) is 15.9. The predicted octanol–water partition coefficient (Wildman–Crippen LogP) is 2.25. The molecule has 2 rings (SSSR count). The van der Waals surface area contributed by atoms with Crippen molar-refractivity contribution in [3.8, 4) is 0 Å². The second kappa shape index (κ2) is 8.38. The van der Waals surface area contributed by atoms with Gasteiger partial charge < -0.3 is 10.2 Å². The number of hydrogen-bond donors (Lipinski definition) is 1. The topological polar surface area (TPSA) is 75.2 Å². The molecule has 1 aromatic heterocycles. The van der Waals surface area contributed by atoms with Crippen LogP contribution in [0.4, 0.5) is 0 Å². The van der Waals surface area contributed by atoms with Gasteiger partial charge in [-0.05, 0) is 50.1 Å². The maximum Gasteiger partial charge on any atom is 0.267 e. The second-order valence-corrected chi connectivity index (χ2v) is 6.94. The van der Waals surface area contributed by atoms with Crippen molar-refractivity contribution in [2.24, 2.45) is 11.8 Å². The quantitative estimate of drug-likeness (QED) is 0.863. The number of aryl methyl sites for hydroxylation is 1. The highest BCUT2D eigenvalue weighted by atomic mass is 32.1. The van der Waals surface area contributed by atoms with Gasteiger partial charge in [-0.15, -0.1) is 5.10 Å². The smallest absolute Gasteiger partial charge is 0.267 e. The van der Waals surface area contributed by atoms with Crippen LogP contribution in [0.15, 0.2) is 0 Å². The van der Waals surface area contributed by atoms with Gasteiger partial charge in [0.1, 0.15) is 4.88 Å². The third kappa shape index (κ3) is 4.50. The Morgan fingerprint density at radius 3 is 2.48 bits per heavy atom. The summed E-state index contributed by atoms with van der Waals surface area (Å²) in [7, 11) is 0. The molecule has 1 N–H and O–H groups in total. The van der Waals surface area contributed by atoms with Crippen LogP contribution in [0.3, 0.4) is 0 Å². The Balaban J connectivity index is 1.77. The highest BCUT2D eigenvalue weighted by Crippen LogP contribution is 2.21. The zero-order valence-electron chi connectivity index (χ0n) is 14.2. The Bertz CT molecular complexity index is 534. The molecule has 7 heteroatoms. The largest absolute Gasteiger partial charge is 0.356 e. The Labute approximate surface area is 141 Å². The van der Waals surface area contributed by atoms with Gasteiger partial charge in [0.2, 0.25) is 5.91 Å². The zero-order chi connectivity index (χ0) is 16.8. The second-order valence-electron chi connectivity index (χ2n) is 6.18. The van der Waals surface area contributed by atoms with E-state index >= 15 is 0 Å². The Hall–Kier alpha value is -1.50. The van der Waals surface area contributed by atoms with Crippen molar-refractivity contribution in [3.63, 3.8) is 0 Å². The number of piperidine rings is 1. The van der Waals surface area contributed by atoms with Crippen LogP contribution in [0, 0.1) is 18.8 Å². The molecule has 0 bridgehead atoms. The van der Waals surface area contributed by atoms with Crippen molar-refractivity contribution in [2.45, 2.75) is 46.5 Å². The zero-order valence-corrected chi connectivity index (χ0v) is 15.0. The molecule has 1 aliphatic rings. The Morgan fingerprint density at radius 2 is 1.96 bits per heavy atom. The van der Waals surface area contributed by atoms with E-state index in [0.29, 0.717) is 16.5 Å². The summed E-state index contributed by atoms with van der Waals surface area (Å²) >= 11 is 1.17. The van der Waals surface area contributed by atoms with Gasteiger partial charge in [0.05, 0.1) is 5.69 Å². The van der Waals surface area contributed by atoms with Crippen LogP contribution >= 0.6 is 11.5 Å². The van der Waals surface area contributed by atoms with Crippen LogP contribution in [0.5, 0.6) is 0 Å². The molecule has 1 aliphatic heterocycles. The van der Waals surface area contributed by atoms with Crippen molar-refractivity contribution < 1.29 is 9.59 Å². The Morgan fingerprint density at radius 1 is 1.30 bits per heavy atom. The SMILES string of the molecule is CCC(CC)C(=O)NCC1CCN(C(=O)c2snnc2C)CC1. The number of nitrogens with zero attached hydrogens (tertiary/aromatic N) is 3. The number of carbonyl (C=O) groups is 2. The predicted molar refractivity (Wildman–Crippen MR) is 90.4 cm³/mol. The molecule has 0 aliphatic carbocycles. The van der Waals surface area contributed by atoms with Crippen LogP contribution in [-0.4, -0.2) is 45.9 Å². The first kappa shape index (κ1) is 17.8. The lowest BCUT2D eigenvalue weighted by Gasteiger charge is -2.32. The molecule has 1 saturated heterocycles. The minimum Gasteiger partial charge on any atom is -0.356 e. The summed E-state index contributed by atoms with van der Waals surface area (Å²) in [6.07, 6.45) is 3.63. The number of carbonyl (C=O) groups excluding carboxylic acids is 2. The summed E-state index contributed by atoms with van der Waals surface area (Å²) in [5.74, 6) is 0.786. The summed E-state index contributed by atoms with van der Waals surface area (Å²) in [4.78, 5) is 27.0. The van der Waals surface area contributed by atoms with Gasteiger partial charge in [-0.2, -0.15) is 0 Å². The molecule has 6 nitrogen and oxygen atoms in total. The molecule has 23 heavy (non-hydrogen) atoms. The van der Waals surface area contributed by atoms with Crippen molar-refractivity contribution in [1.82, 2.24) is 19.8 Å². The number of hydrogen-bond acceptors (Lipinski definition) is 5. The summed E-state index contributed by atoms with van der Waals surface area (Å²) in [6.45, 7) is 8.11. The first-order chi connectivity index (χ1) is 11.1. The van der Waals surface area contributed by atoms with Gasteiger partial charge in [-0.1, -0.05) is 18.3 Å². The van der Waals surface area contributed by atoms with E-state index in [1.54, 1.807) is 0 Å². The van der Waals surface area contributed by atoms with E-state index in [2.05, 4.69) is 14.9 Å². The van der Waals surface area contributed by atoms with Crippen molar-refractivity contribution in [2.75, 3.05) is 19.6 Å². The maximum absolute atomic E-state index is 12.4. The van der Waals surface area contributed by atoms with E-state index < -0.39 is 0 Å². The molecule has 0 saturated carbocycles. The van der Waals surface area contributed by atoms with Gasteiger partial charge in [-0.3, -0.25) is 9.59 Å². The number of aromatic nitrogens is 2. The van der Waals surface area contributed by atoms with Gasteiger partial charge in [0.15, 0.2) is 0 Å². The van der Waals surface area contributed by atoms with Crippen LogP contribution in [-0.2, 0) is 4.79 Å². The number of amides is 2. The molecule has 0 aromatic carbocycles. The van der Waals surface area contributed by atoms with Crippen LogP contribution in [0.25, 0.3) is 0 Å². The van der Waals surface area contributed by atoms with Gasteiger partial charge in [-0.25, -0.2) is 0 Å². The molecular formula is C16H26N4O2S. The minimum atomic E-state index is 0.0389. The first-order valence-corrected chi connectivity index (χ1v) is 9.20. The van der Waals surface area contributed by atoms with Crippen LogP contribution in [0.2, 0.25) is 0 Å². The van der Waals surface area contributed by atoms with Gasteiger partial charge >= 0.3 is 0 Å². The standard InChI is InChI=1S/C16H26N4O2S/c1-4-13(5-2)15(21)17-10-12-6-8-20(9-7-12)16(22)14-11(3)18-19-23-14/h12-13H,4-10H2,1-3H3,(H,17,21). The molecule has 2 amide bonds. The highest BCUT2D eigenvalue weighted by Gasteiger charge is 2.26. The average molecular weight is 338 g/mol. The number of rotatable bonds is 6. The van der Waals surface area contributed by atoms with Gasteiger partial charge in [0, 0.05) is 25.6 Å². The van der Waals surface area contributed by atoms with E-state index in [-0.39, 0.29) is 17.7 Å². The Kier molecular flexibility index (Phi) is 6.50. The fourth-order valence-corrected chi connectivity index (χ4v) is 3.59. The number of nitrogens with one attached hydrogen (secondary N) is 1. The van der Waals surface area contributed by atoms with Crippen molar-refractivity contribution in [3.05, 3.63) is 10.6 Å². The lowest BCUT2D eigenvalue weighted by molar-refractivity contribution is -0.125. The molecule has 0 unspecified atom stereocenters. The molecule has 0 spiro atoms. The van der Waals surface area contributed by atoms with Crippen molar-refractivity contribution >= 4 is 23.3 Å². The molecule has 0 radical (unpaired) electrons. The molecule has 128 valence electrons. The highest BCUT2D eigenvalue weighted by molar-refractivity contribution is 7.07. The summed E-state index contributed by atoms with van der Waals surface area (Å²) in [5.41, 5.74) is 0.708.